The highest BCUT2D eigenvalue weighted by atomic mass is 32.2. The van der Waals surface area contributed by atoms with Crippen LogP contribution in [0.5, 0.6) is 5.75 Å². The van der Waals surface area contributed by atoms with Gasteiger partial charge in [0, 0.05) is 22.7 Å². The van der Waals surface area contributed by atoms with Crippen molar-refractivity contribution in [1.29, 1.82) is 0 Å². The average Bonchev–Trinajstić information content (AvgIpc) is 3.22. The molecule has 0 spiro atoms. The third-order valence-corrected chi connectivity index (χ3v) is 5.28. The monoisotopic (exact) mass is 407 g/mol. The summed E-state index contributed by atoms with van der Waals surface area (Å²) in [4.78, 5) is 28.5. The van der Waals surface area contributed by atoms with E-state index in [-0.39, 0.29) is 12.5 Å². The number of nitrogens with one attached hydrogen (secondary N) is 1. The average molecular weight is 407 g/mol. The van der Waals surface area contributed by atoms with Gasteiger partial charge >= 0.3 is 5.97 Å². The number of carbonyl (C=O) groups excluding carboxylic acids is 1. The number of rotatable bonds is 5. The normalized spacial score (nSPS) is 16.5. The summed E-state index contributed by atoms with van der Waals surface area (Å²) in [5.41, 5.74) is 2.29. The van der Waals surface area contributed by atoms with Crippen molar-refractivity contribution < 1.29 is 19.4 Å². The summed E-state index contributed by atoms with van der Waals surface area (Å²) in [5.74, 6) is -0.431. The Bertz CT molecular complexity index is 1160. The number of aromatic nitrogens is 1. The Kier molecular flexibility index (Phi) is 5.09. The highest BCUT2D eigenvalue weighted by Gasteiger charge is 2.24. The van der Waals surface area contributed by atoms with Crippen LogP contribution >= 0.6 is 11.8 Å². The molecule has 0 radical (unpaired) electrons. The molecular formula is C21H17N3O4S. The molecule has 146 valence electrons. The molecule has 1 amide bonds. The summed E-state index contributed by atoms with van der Waals surface area (Å²) in [5, 5.41) is 13.3. The Morgan fingerprint density at radius 3 is 2.72 bits per heavy atom. The summed E-state index contributed by atoms with van der Waals surface area (Å²) in [7, 11) is 1.60. The van der Waals surface area contributed by atoms with Crippen molar-refractivity contribution in [2.45, 2.75) is 6.54 Å². The van der Waals surface area contributed by atoms with Crippen LogP contribution in [0, 0.1) is 0 Å². The lowest BCUT2D eigenvalue weighted by atomic mass is 10.1. The third-order valence-electron chi connectivity index (χ3n) is 4.37. The second-order valence-corrected chi connectivity index (χ2v) is 7.33. The fraction of sp³-hybridized carbons (Fsp3) is 0.0952. The van der Waals surface area contributed by atoms with Crippen LogP contribution < -0.4 is 10.1 Å². The van der Waals surface area contributed by atoms with Crippen molar-refractivity contribution in [3.63, 3.8) is 0 Å². The number of carboxylic acid groups (broad SMARTS) is 1. The number of amidine groups is 1. The molecule has 0 atom stereocenters. The number of aliphatic carboxylic acids is 1. The lowest BCUT2D eigenvalue weighted by Crippen LogP contribution is -2.19. The molecule has 4 rings (SSSR count). The molecule has 1 saturated heterocycles. The second kappa shape index (κ2) is 7.84. The molecule has 3 aromatic rings. The fourth-order valence-corrected chi connectivity index (χ4v) is 3.90. The Morgan fingerprint density at radius 1 is 1.24 bits per heavy atom. The van der Waals surface area contributed by atoms with Gasteiger partial charge in [-0.3, -0.25) is 9.59 Å². The van der Waals surface area contributed by atoms with Crippen molar-refractivity contribution in [3.8, 4) is 5.75 Å². The van der Waals surface area contributed by atoms with Gasteiger partial charge in [-0.25, -0.2) is 4.99 Å². The van der Waals surface area contributed by atoms with Crippen molar-refractivity contribution in [2.24, 2.45) is 4.99 Å². The van der Waals surface area contributed by atoms with Gasteiger partial charge in [-0.1, -0.05) is 18.2 Å². The van der Waals surface area contributed by atoms with Crippen molar-refractivity contribution in [3.05, 3.63) is 65.2 Å². The minimum atomic E-state index is -0.924. The number of aliphatic imine (C=N–C) groups is 1. The molecule has 2 N–H and O–H groups in total. The predicted molar refractivity (Wildman–Crippen MR) is 113 cm³/mol. The first-order valence-corrected chi connectivity index (χ1v) is 9.58. The van der Waals surface area contributed by atoms with Gasteiger partial charge in [0.2, 0.25) is 0 Å². The van der Waals surface area contributed by atoms with Crippen LogP contribution in [-0.4, -0.2) is 33.8 Å². The quantitative estimate of drug-likeness (QED) is 0.630. The minimum absolute atomic E-state index is 0.146. The van der Waals surface area contributed by atoms with Gasteiger partial charge in [-0.2, -0.15) is 0 Å². The van der Waals surface area contributed by atoms with Gasteiger partial charge in [-0.05, 0) is 48.2 Å². The van der Waals surface area contributed by atoms with E-state index in [2.05, 4.69) is 10.3 Å². The van der Waals surface area contributed by atoms with Crippen LogP contribution in [0.3, 0.4) is 0 Å². The summed E-state index contributed by atoms with van der Waals surface area (Å²) in [6.07, 6.45) is 3.51. The van der Waals surface area contributed by atoms with Crippen LogP contribution in [0.25, 0.3) is 17.0 Å². The van der Waals surface area contributed by atoms with Gasteiger partial charge < -0.3 is 19.7 Å². The van der Waals surface area contributed by atoms with E-state index in [0.717, 1.165) is 22.2 Å². The van der Waals surface area contributed by atoms with Gasteiger partial charge in [-0.15, -0.1) is 0 Å². The molecule has 2 heterocycles. The van der Waals surface area contributed by atoms with Gasteiger partial charge in [0.1, 0.15) is 12.3 Å². The Balaban J connectivity index is 1.64. The molecule has 1 aromatic heterocycles. The van der Waals surface area contributed by atoms with E-state index < -0.39 is 5.97 Å². The second-order valence-electron chi connectivity index (χ2n) is 6.30. The molecule has 29 heavy (non-hydrogen) atoms. The topological polar surface area (TPSA) is 92.9 Å². The van der Waals surface area contributed by atoms with Crippen molar-refractivity contribution in [1.82, 2.24) is 9.88 Å². The lowest BCUT2D eigenvalue weighted by molar-refractivity contribution is -0.137. The first kappa shape index (κ1) is 18.8. The fourth-order valence-electron chi connectivity index (χ4n) is 3.06. The molecule has 1 fully saturated rings. The summed E-state index contributed by atoms with van der Waals surface area (Å²) in [6.45, 7) is -0.146. The summed E-state index contributed by atoms with van der Waals surface area (Å²) in [6, 6.07) is 14.7. The molecular weight excluding hydrogens is 390 g/mol. The largest absolute Gasteiger partial charge is 0.497 e. The number of carboxylic acids is 1. The maximum atomic E-state index is 12.4. The van der Waals surface area contributed by atoms with Crippen molar-refractivity contribution >= 4 is 51.5 Å². The van der Waals surface area contributed by atoms with E-state index in [1.807, 2.05) is 24.3 Å². The van der Waals surface area contributed by atoms with Crippen LogP contribution in [0.15, 0.2) is 64.6 Å². The first-order valence-electron chi connectivity index (χ1n) is 8.77. The van der Waals surface area contributed by atoms with Gasteiger partial charge in [0.05, 0.1) is 17.7 Å². The number of thioether (sulfide) groups is 1. The van der Waals surface area contributed by atoms with E-state index >= 15 is 0 Å². The Morgan fingerprint density at radius 2 is 2.00 bits per heavy atom. The van der Waals surface area contributed by atoms with E-state index in [9.17, 15) is 9.59 Å². The molecule has 1 aliphatic rings. The standard InChI is InChI=1S/C21H17N3O4S/c1-28-15-8-6-14(7-9-15)22-21-23-20(27)18(29-21)10-13-11-24(12-19(25)26)17-5-3-2-4-16(13)17/h2-11H,12H2,1H3,(H,25,26)(H,22,23,27)/b18-10+. The van der Waals surface area contributed by atoms with Crippen LogP contribution in [0.2, 0.25) is 0 Å². The highest BCUT2D eigenvalue weighted by Crippen LogP contribution is 2.31. The molecule has 2 aromatic carbocycles. The number of nitrogens with zero attached hydrogens (tertiary/aromatic N) is 2. The highest BCUT2D eigenvalue weighted by molar-refractivity contribution is 8.18. The number of benzene rings is 2. The van der Waals surface area contributed by atoms with Crippen LogP contribution in [0.4, 0.5) is 5.69 Å². The molecule has 0 aliphatic carbocycles. The third kappa shape index (κ3) is 4.02. The molecule has 7 nitrogen and oxygen atoms in total. The van der Waals surface area contributed by atoms with Crippen molar-refractivity contribution in [2.75, 3.05) is 7.11 Å². The zero-order chi connectivity index (χ0) is 20.4. The molecule has 1 aliphatic heterocycles. The van der Waals surface area contributed by atoms with Gasteiger partial charge in [0.15, 0.2) is 5.17 Å². The Labute approximate surface area is 170 Å². The zero-order valence-electron chi connectivity index (χ0n) is 15.5. The first-order chi connectivity index (χ1) is 14.0. The minimum Gasteiger partial charge on any atom is -0.497 e. The Hall–Kier alpha value is -3.52. The summed E-state index contributed by atoms with van der Waals surface area (Å²) >= 11 is 1.24. The molecule has 0 saturated carbocycles. The molecule has 8 heteroatoms. The number of amides is 1. The van der Waals surface area contributed by atoms with Gasteiger partial charge in [0.25, 0.3) is 5.91 Å². The van der Waals surface area contributed by atoms with E-state index in [4.69, 9.17) is 9.84 Å². The SMILES string of the molecule is COc1ccc(N=C2NC(=O)/C(=C\c3cn(CC(=O)O)c4ccccc34)S2)cc1. The van der Waals surface area contributed by atoms with E-state index in [0.29, 0.717) is 15.8 Å². The maximum Gasteiger partial charge on any atom is 0.323 e. The van der Waals surface area contributed by atoms with E-state index in [1.54, 1.807) is 48.2 Å². The number of ether oxygens (including phenoxy) is 1. The maximum absolute atomic E-state index is 12.4. The van der Waals surface area contributed by atoms with Crippen LogP contribution in [0.1, 0.15) is 5.56 Å². The van der Waals surface area contributed by atoms with E-state index in [1.165, 1.54) is 11.8 Å². The number of fused-ring (bicyclic) bond motifs is 1. The number of hydrogen-bond acceptors (Lipinski definition) is 5. The summed E-state index contributed by atoms with van der Waals surface area (Å²) < 4.78 is 6.79. The predicted octanol–water partition coefficient (Wildman–Crippen LogP) is 3.63. The molecule has 0 bridgehead atoms. The number of para-hydroxylation sites is 1. The number of carbonyl (C=O) groups is 2. The zero-order valence-corrected chi connectivity index (χ0v) is 16.3. The van der Waals surface area contributed by atoms with Crippen LogP contribution in [-0.2, 0) is 16.1 Å². The molecule has 0 unspecified atom stereocenters. The smallest absolute Gasteiger partial charge is 0.323 e. The number of hydrogen-bond donors (Lipinski definition) is 2. The number of methoxy groups -OCH3 is 1. The lowest BCUT2D eigenvalue weighted by Gasteiger charge is -1.99.